The molecule has 6 rings (SSSR count). The van der Waals surface area contributed by atoms with Gasteiger partial charge in [0.15, 0.2) is 5.82 Å². The van der Waals surface area contributed by atoms with Crippen molar-refractivity contribution in [2.75, 3.05) is 42.7 Å². The van der Waals surface area contributed by atoms with Crippen LogP contribution in [0.25, 0.3) is 10.2 Å². The lowest BCUT2D eigenvalue weighted by Gasteiger charge is -2.16. The number of hydrogen-bond donors (Lipinski definition) is 4. The maximum atomic E-state index is 13.1. The lowest BCUT2D eigenvalue weighted by molar-refractivity contribution is 0.102. The topological polar surface area (TPSA) is 116 Å². The summed E-state index contributed by atoms with van der Waals surface area (Å²) in [5.74, 6) is 0.952. The molecule has 0 atom stereocenters. The summed E-state index contributed by atoms with van der Waals surface area (Å²) in [5, 5.41) is 15.2. The van der Waals surface area contributed by atoms with Gasteiger partial charge in [0.1, 0.15) is 5.69 Å². The van der Waals surface area contributed by atoms with E-state index < -0.39 is 0 Å². The first kappa shape index (κ1) is 23.4. The van der Waals surface area contributed by atoms with Gasteiger partial charge in [-0.25, -0.2) is 9.98 Å². The first-order valence-electron chi connectivity index (χ1n) is 12.4. The summed E-state index contributed by atoms with van der Waals surface area (Å²) in [6.45, 7) is 9.53. The molecule has 5 N–H and O–H groups in total. The van der Waals surface area contributed by atoms with Gasteiger partial charge in [0.2, 0.25) is 6.21 Å². The van der Waals surface area contributed by atoms with E-state index in [4.69, 9.17) is 5.73 Å². The zero-order chi connectivity index (χ0) is 25.5. The van der Waals surface area contributed by atoms with Crippen LogP contribution in [0.1, 0.15) is 39.5 Å². The third kappa shape index (κ3) is 4.41. The number of nitrogens with zero attached hydrogens (tertiary/aromatic N) is 4. The number of aromatic nitrogens is 2. The number of amidine groups is 1. The van der Waals surface area contributed by atoms with E-state index in [0.717, 1.165) is 71.4 Å². The minimum absolute atomic E-state index is 0.211. The molecule has 1 saturated heterocycles. The van der Waals surface area contributed by atoms with Gasteiger partial charge in [0.25, 0.3) is 5.91 Å². The lowest BCUT2D eigenvalue weighted by atomic mass is 10.0. The number of carbonyl (C=O) groups is 1. The summed E-state index contributed by atoms with van der Waals surface area (Å²) in [6.07, 6.45) is 1.80. The zero-order valence-electron chi connectivity index (χ0n) is 20.8. The molecule has 0 spiro atoms. The number of carbonyl (C=O) groups excluding carboxylic acids is 1. The van der Waals surface area contributed by atoms with Crippen LogP contribution >= 0.6 is 11.3 Å². The highest BCUT2D eigenvalue weighted by molar-refractivity contribution is 7.18. The molecule has 4 aromatic rings. The molecular formula is C27H29N8OS+. The van der Waals surface area contributed by atoms with Crippen LogP contribution in [0.2, 0.25) is 0 Å². The molecule has 0 aliphatic carbocycles. The Balaban J connectivity index is 1.16. The number of H-pyrrole nitrogens is 1. The van der Waals surface area contributed by atoms with E-state index in [1.165, 1.54) is 16.9 Å². The molecular weight excluding hydrogens is 484 g/mol. The molecule has 0 radical (unpaired) electrons. The Labute approximate surface area is 218 Å². The zero-order valence-corrected chi connectivity index (χ0v) is 21.7. The molecule has 4 heterocycles. The molecule has 0 bridgehead atoms. The van der Waals surface area contributed by atoms with E-state index in [2.05, 4.69) is 66.5 Å². The van der Waals surface area contributed by atoms with Crippen LogP contribution < -0.4 is 21.0 Å². The van der Waals surface area contributed by atoms with E-state index in [0.29, 0.717) is 16.9 Å². The van der Waals surface area contributed by atoms with Gasteiger partial charge < -0.3 is 11.1 Å². The normalized spacial score (nSPS) is 15.4. The van der Waals surface area contributed by atoms with Crippen LogP contribution in [0.3, 0.4) is 0 Å². The first-order chi connectivity index (χ1) is 18.0. The van der Waals surface area contributed by atoms with Crippen molar-refractivity contribution in [2.24, 2.45) is 0 Å². The Morgan fingerprint density at radius 1 is 1.19 bits per heavy atom. The Hall–Kier alpha value is -3.95. The molecule has 188 valence electrons. The fraction of sp³-hybridized carbons (Fsp3) is 0.259. The molecule has 1 amide bonds. The van der Waals surface area contributed by atoms with Gasteiger partial charge >= 0.3 is 5.84 Å². The van der Waals surface area contributed by atoms with E-state index in [1.807, 2.05) is 19.1 Å². The number of thiophene rings is 1. The maximum absolute atomic E-state index is 13.1. The van der Waals surface area contributed by atoms with Gasteiger partial charge in [-0.1, -0.05) is 25.1 Å². The number of hydrogen-bond acceptors (Lipinski definition) is 7. The quantitative estimate of drug-likeness (QED) is 0.294. The molecule has 2 aromatic heterocycles. The smallest absolute Gasteiger partial charge is 0.380 e. The van der Waals surface area contributed by atoms with Crippen molar-refractivity contribution < 1.29 is 4.79 Å². The molecule has 2 aliphatic heterocycles. The molecule has 0 unspecified atom stereocenters. The monoisotopic (exact) mass is 513 g/mol. The minimum atomic E-state index is -0.211. The number of aromatic amines is 1. The fourth-order valence-corrected chi connectivity index (χ4v) is 5.79. The molecule has 2 aromatic carbocycles. The van der Waals surface area contributed by atoms with Crippen LogP contribution in [0.15, 0.2) is 41.8 Å². The number of likely N-dealkylation sites (N-methyl/N-ethyl adjacent to an activating group) is 1. The standard InChI is InChI=1S/C27H28N8OS/c1-3-34-10-11-35(15-34)13-17-5-7-18(8-6-17)30-26-19-9-4-16(2)22(20(19)12-29-26)31-27(36)21-14-37-24-23(21)32-33-25(24)28/h4-9,12,14H,3,10-11,13,15H2,1-2H3,(H4,28,29,30,31,32,33,36)/p+1. The number of aryl methyl sites for hydroxylation is 1. The second kappa shape index (κ2) is 9.49. The van der Waals surface area contributed by atoms with Crippen molar-refractivity contribution in [3.8, 4) is 0 Å². The van der Waals surface area contributed by atoms with Gasteiger partial charge in [0, 0.05) is 25.0 Å². The number of nitrogen functional groups attached to an aromatic ring is 1. The average Bonchev–Trinajstić information content (AvgIpc) is 3.68. The average molecular weight is 514 g/mol. The second-order valence-electron chi connectivity index (χ2n) is 9.47. The van der Waals surface area contributed by atoms with Gasteiger partial charge in [0.05, 0.1) is 39.3 Å². The van der Waals surface area contributed by atoms with E-state index in [9.17, 15) is 4.79 Å². The Morgan fingerprint density at radius 3 is 2.78 bits per heavy atom. The lowest BCUT2D eigenvalue weighted by Crippen LogP contribution is -2.24. The molecule has 9 nitrogen and oxygen atoms in total. The molecule has 2 aliphatic rings. The summed E-state index contributed by atoms with van der Waals surface area (Å²) in [4.78, 5) is 18.1. The van der Waals surface area contributed by atoms with Crippen molar-refractivity contribution >= 4 is 56.7 Å². The summed E-state index contributed by atoms with van der Waals surface area (Å²) >= 11 is 1.40. The van der Waals surface area contributed by atoms with Crippen LogP contribution in [0.5, 0.6) is 0 Å². The highest BCUT2D eigenvalue weighted by Crippen LogP contribution is 2.31. The van der Waals surface area contributed by atoms with E-state index >= 15 is 0 Å². The van der Waals surface area contributed by atoms with Crippen LogP contribution in [0, 0.1) is 6.92 Å². The van der Waals surface area contributed by atoms with Crippen molar-refractivity contribution in [1.29, 1.82) is 0 Å². The molecule has 10 heteroatoms. The van der Waals surface area contributed by atoms with Crippen LogP contribution in [-0.2, 0) is 6.54 Å². The minimum Gasteiger partial charge on any atom is -0.381 e. The Bertz CT molecular complexity index is 1560. The van der Waals surface area contributed by atoms with Gasteiger partial charge in [-0.3, -0.25) is 19.7 Å². The number of fused-ring (bicyclic) bond motifs is 2. The van der Waals surface area contributed by atoms with Crippen LogP contribution in [-0.4, -0.2) is 64.3 Å². The number of nitrogens with one attached hydrogen (secondary N) is 3. The van der Waals surface area contributed by atoms with E-state index in [-0.39, 0.29) is 5.91 Å². The number of anilines is 3. The summed E-state index contributed by atoms with van der Waals surface area (Å²) in [5.41, 5.74) is 12.9. The Kier molecular flexibility index (Phi) is 6.02. The van der Waals surface area contributed by atoms with Gasteiger partial charge in [-0.2, -0.15) is 5.10 Å². The number of nitrogens with two attached hydrogens (primary N) is 1. The number of benzene rings is 2. The largest absolute Gasteiger partial charge is 0.381 e. The number of amides is 1. The van der Waals surface area contributed by atoms with Crippen molar-refractivity contribution in [1.82, 2.24) is 24.7 Å². The van der Waals surface area contributed by atoms with Gasteiger partial charge in [-0.15, -0.1) is 11.3 Å². The molecule has 37 heavy (non-hydrogen) atoms. The van der Waals surface area contributed by atoms with Crippen LogP contribution in [0.4, 0.5) is 17.2 Å². The third-order valence-corrected chi connectivity index (χ3v) is 8.03. The highest BCUT2D eigenvalue weighted by Gasteiger charge is 2.28. The summed E-state index contributed by atoms with van der Waals surface area (Å²) in [6, 6.07) is 12.6. The molecule has 0 saturated carbocycles. The van der Waals surface area contributed by atoms with E-state index in [1.54, 1.807) is 11.6 Å². The Morgan fingerprint density at radius 2 is 2.00 bits per heavy atom. The fourth-order valence-electron chi connectivity index (χ4n) is 4.89. The number of rotatable bonds is 6. The summed E-state index contributed by atoms with van der Waals surface area (Å²) < 4.78 is 5.42. The predicted octanol–water partition coefficient (Wildman–Crippen LogP) is 3.22. The van der Waals surface area contributed by atoms with Gasteiger partial charge in [-0.05, 0) is 42.8 Å². The molecule has 1 fully saturated rings. The van der Waals surface area contributed by atoms with Crippen molar-refractivity contribution in [3.05, 3.63) is 69.6 Å². The van der Waals surface area contributed by atoms with Crippen molar-refractivity contribution in [3.63, 3.8) is 0 Å². The van der Waals surface area contributed by atoms with Crippen molar-refractivity contribution in [2.45, 2.75) is 20.4 Å². The predicted molar refractivity (Wildman–Crippen MR) is 152 cm³/mol. The maximum Gasteiger partial charge on any atom is 0.380 e. The highest BCUT2D eigenvalue weighted by atomic mass is 32.1. The SMILES string of the molecule is CCN1CCN(Cc2ccc(NC3=[N+]=Cc4c3ccc(C)c4NC(=O)c3csc4c(N)n[nH]c34)cc2)C1. The first-order valence-corrected chi connectivity index (χ1v) is 13.3. The summed E-state index contributed by atoms with van der Waals surface area (Å²) in [7, 11) is 0. The second-order valence-corrected chi connectivity index (χ2v) is 10.3. The third-order valence-electron chi connectivity index (χ3n) is 7.03.